The number of allylic oxidation sites excluding steroid dienone is 2. The van der Waals surface area contributed by atoms with E-state index >= 15 is 0 Å². The van der Waals surface area contributed by atoms with Gasteiger partial charge >= 0.3 is 0 Å². The quantitative estimate of drug-likeness (QED) is 0.440. The fourth-order valence-corrected chi connectivity index (χ4v) is 4.19. The number of hydrogen-bond acceptors (Lipinski definition) is 2. The van der Waals surface area contributed by atoms with Crippen molar-refractivity contribution >= 4 is 27.1 Å². The van der Waals surface area contributed by atoms with Gasteiger partial charge in [-0.25, -0.2) is 0 Å². The van der Waals surface area contributed by atoms with E-state index in [-0.39, 0.29) is 0 Å². The highest BCUT2D eigenvalue weighted by atomic mass is 14.7. The van der Waals surface area contributed by atoms with Gasteiger partial charge in [0.1, 0.15) is 0 Å². The molecule has 1 aliphatic carbocycles. The molecule has 2 heteroatoms. The summed E-state index contributed by atoms with van der Waals surface area (Å²) in [5.41, 5.74) is 3.63. The standard InChI is InChI=1S/C24H20N2/c1-3-9-19-17(7-1)13-15-25-23(19)21-11-5-6-12-22(21)24-20-10-4-2-8-18(20)14-16-26-24/h1-4,7-11,13-16,22H,5-6,12H2. The van der Waals surface area contributed by atoms with Gasteiger partial charge in [0, 0.05) is 29.1 Å². The normalized spacial score (nSPS) is 17.4. The first kappa shape index (κ1) is 15.3. The van der Waals surface area contributed by atoms with Gasteiger partial charge in [-0.3, -0.25) is 9.97 Å². The minimum atomic E-state index is 0.299. The minimum Gasteiger partial charge on any atom is -0.260 e. The topological polar surface area (TPSA) is 25.8 Å². The second-order valence-electron chi connectivity index (χ2n) is 6.94. The van der Waals surface area contributed by atoms with Crippen LogP contribution in [0.3, 0.4) is 0 Å². The third-order valence-electron chi connectivity index (χ3n) is 5.42. The monoisotopic (exact) mass is 336 g/mol. The molecule has 0 saturated heterocycles. The predicted molar refractivity (Wildman–Crippen MR) is 108 cm³/mol. The number of benzene rings is 2. The van der Waals surface area contributed by atoms with Crippen LogP contribution in [-0.4, -0.2) is 9.97 Å². The second-order valence-corrected chi connectivity index (χ2v) is 6.94. The second kappa shape index (κ2) is 6.38. The molecule has 0 radical (unpaired) electrons. The van der Waals surface area contributed by atoms with Crippen LogP contribution in [0.5, 0.6) is 0 Å². The van der Waals surface area contributed by atoms with Crippen molar-refractivity contribution in [2.45, 2.75) is 25.2 Å². The van der Waals surface area contributed by atoms with Crippen molar-refractivity contribution in [3.05, 3.63) is 90.5 Å². The van der Waals surface area contributed by atoms with Gasteiger partial charge in [-0.2, -0.15) is 0 Å². The van der Waals surface area contributed by atoms with Crippen LogP contribution in [0.1, 0.15) is 36.6 Å². The highest BCUT2D eigenvalue weighted by Crippen LogP contribution is 2.42. The molecule has 2 aromatic heterocycles. The average Bonchev–Trinajstić information content (AvgIpc) is 2.73. The van der Waals surface area contributed by atoms with E-state index in [0.717, 1.165) is 18.5 Å². The Kier molecular flexibility index (Phi) is 3.75. The summed E-state index contributed by atoms with van der Waals surface area (Å²) in [6, 6.07) is 21.3. The summed E-state index contributed by atoms with van der Waals surface area (Å²) in [5.74, 6) is 0.299. The van der Waals surface area contributed by atoms with Crippen molar-refractivity contribution < 1.29 is 0 Å². The van der Waals surface area contributed by atoms with Gasteiger partial charge in [-0.15, -0.1) is 0 Å². The number of rotatable bonds is 2. The third-order valence-corrected chi connectivity index (χ3v) is 5.42. The van der Waals surface area contributed by atoms with Crippen molar-refractivity contribution in [1.29, 1.82) is 0 Å². The molecule has 5 rings (SSSR count). The fraction of sp³-hybridized carbons (Fsp3) is 0.167. The maximum Gasteiger partial charge on any atom is 0.0743 e. The first-order valence-corrected chi connectivity index (χ1v) is 9.29. The zero-order chi connectivity index (χ0) is 17.3. The molecule has 0 bridgehead atoms. The highest BCUT2D eigenvalue weighted by Gasteiger charge is 2.25. The molecule has 2 aromatic carbocycles. The first-order chi connectivity index (χ1) is 12.9. The molecule has 1 unspecified atom stereocenters. The molecule has 4 aromatic rings. The summed E-state index contributed by atoms with van der Waals surface area (Å²) >= 11 is 0. The van der Waals surface area contributed by atoms with Crippen LogP contribution in [0.2, 0.25) is 0 Å². The molecule has 126 valence electrons. The van der Waals surface area contributed by atoms with Gasteiger partial charge in [-0.05, 0) is 47.7 Å². The Labute approximate surface area is 153 Å². The van der Waals surface area contributed by atoms with Crippen LogP contribution in [0.4, 0.5) is 0 Å². The van der Waals surface area contributed by atoms with Gasteiger partial charge in [0.15, 0.2) is 0 Å². The molecule has 0 aliphatic heterocycles. The van der Waals surface area contributed by atoms with Crippen LogP contribution in [0, 0.1) is 0 Å². The van der Waals surface area contributed by atoms with Crippen molar-refractivity contribution in [3.8, 4) is 0 Å². The largest absolute Gasteiger partial charge is 0.260 e. The Balaban J connectivity index is 1.71. The number of hydrogen-bond donors (Lipinski definition) is 0. The van der Waals surface area contributed by atoms with E-state index in [2.05, 4.69) is 66.7 Å². The van der Waals surface area contributed by atoms with Gasteiger partial charge < -0.3 is 0 Å². The van der Waals surface area contributed by atoms with E-state index in [1.807, 2.05) is 12.4 Å². The van der Waals surface area contributed by atoms with Gasteiger partial charge in [0.05, 0.1) is 11.4 Å². The van der Waals surface area contributed by atoms with E-state index in [0.29, 0.717) is 5.92 Å². The molecule has 0 N–H and O–H groups in total. The average molecular weight is 336 g/mol. The van der Waals surface area contributed by atoms with E-state index in [4.69, 9.17) is 9.97 Å². The van der Waals surface area contributed by atoms with Crippen LogP contribution < -0.4 is 0 Å². The summed E-state index contributed by atoms with van der Waals surface area (Å²) in [6.07, 6.45) is 9.69. The lowest BCUT2D eigenvalue weighted by molar-refractivity contribution is 0.658. The molecule has 2 nitrogen and oxygen atoms in total. The Bertz CT molecular complexity index is 1120. The van der Waals surface area contributed by atoms with Crippen LogP contribution in [0.25, 0.3) is 27.1 Å². The van der Waals surface area contributed by atoms with Gasteiger partial charge in [0.2, 0.25) is 0 Å². The Hall–Kier alpha value is -3.00. The molecule has 26 heavy (non-hydrogen) atoms. The molecule has 1 atom stereocenters. The van der Waals surface area contributed by atoms with Gasteiger partial charge in [0.25, 0.3) is 0 Å². The zero-order valence-electron chi connectivity index (χ0n) is 14.6. The fourth-order valence-electron chi connectivity index (χ4n) is 4.19. The van der Waals surface area contributed by atoms with E-state index in [9.17, 15) is 0 Å². The van der Waals surface area contributed by atoms with E-state index in [1.54, 1.807) is 0 Å². The molecular formula is C24H20N2. The lowest BCUT2D eigenvalue weighted by Crippen LogP contribution is -2.10. The zero-order valence-corrected chi connectivity index (χ0v) is 14.6. The Morgan fingerprint density at radius 1 is 0.731 bits per heavy atom. The van der Waals surface area contributed by atoms with Crippen molar-refractivity contribution in [2.75, 3.05) is 0 Å². The summed E-state index contributed by atoms with van der Waals surface area (Å²) in [5, 5.41) is 4.99. The third kappa shape index (κ3) is 2.50. The molecule has 0 fully saturated rings. The maximum absolute atomic E-state index is 4.82. The molecule has 2 heterocycles. The number of aromatic nitrogens is 2. The highest BCUT2D eigenvalue weighted by molar-refractivity contribution is 5.95. The Morgan fingerprint density at radius 3 is 2.27 bits per heavy atom. The molecule has 0 spiro atoms. The van der Waals surface area contributed by atoms with E-state index in [1.165, 1.54) is 39.2 Å². The summed E-state index contributed by atoms with van der Waals surface area (Å²) in [6.45, 7) is 0. The summed E-state index contributed by atoms with van der Waals surface area (Å²) in [4.78, 5) is 9.61. The Morgan fingerprint density at radius 2 is 1.42 bits per heavy atom. The van der Waals surface area contributed by atoms with Crippen LogP contribution >= 0.6 is 0 Å². The number of fused-ring (bicyclic) bond motifs is 2. The maximum atomic E-state index is 4.82. The summed E-state index contributed by atoms with van der Waals surface area (Å²) in [7, 11) is 0. The molecular weight excluding hydrogens is 316 g/mol. The first-order valence-electron chi connectivity index (χ1n) is 9.29. The van der Waals surface area contributed by atoms with Crippen LogP contribution in [-0.2, 0) is 0 Å². The molecule has 0 saturated carbocycles. The SMILES string of the molecule is C1=C(c2nccc3ccccc23)C(c2nccc3ccccc23)CCC1. The van der Waals surface area contributed by atoms with Gasteiger partial charge in [-0.1, -0.05) is 54.6 Å². The number of pyridine rings is 2. The minimum absolute atomic E-state index is 0.299. The van der Waals surface area contributed by atoms with Crippen molar-refractivity contribution in [2.24, 2.45) is 0 Å². The lowest BCUT2D eigenvalue weighted by atomic mass is 9.81. The predicted octanol–water partition coefficient (Wildman–Crippen LogP) is 6.13. The van der Waals surface area contributed by atoms with Crippen LogP contribution in [0.15, 0.2) is 79.1 Å². The molecule has 1 aliphatic rings. The van der Waals surface area contributed by atoms with Crippen molar-refractivity contribution in [3.63, 3.8) is 0 Å². The van der Waals surface area contributed by atoms with E-state index < -0.39 is 0 Å². The van der Waals surface area contributed by atoms with Crippen molar-refractivity contribution in [1.82, 2.24) is 9.97 Å². The smallest absolute Gasteiger partial charge is 0.0743 e. The summed E-state index contributed by atoms with van der Waals surface area (Å²) < 4.78 is 0. The molecule has 0 amide bonds. The number of nitrogens with zero attached hydrogens (tertiary/aromatic N) is 2. The lowest BCUT2D eigenvalue weighted by Gasteiger charge is -2.25.